The van der Waals surface area contributed by atoms with Gasteiger partial charge in [-0.2, -0.15) is 0 Å². The highest BCUT2D eigenvalue weighted by molar-refractivity contribution is 7.19. The number of rotatable bonds is 7. The molecule has 0 aliphatic rings. The highest BCUT2D eigenvalue weighted by atomic mass is 32.1. The summed E-state index contributed by atoms with van der Waals surface area (Å²) in [5, 5.41) is 11.2. The summed E-state index contributed by atoms with van der Waals surface area (Å²) in [7, 11) is 0. The van der Waals surface area contributed by atoms with E-state index < -0.39 is 5.97 Å². The number of carboxylic acids is 1. The lowest BCUT2D eigenvalue weighted by molar-refractivity contribution is -0.136. The van der Waals surface area contributed by atoms with E-state index in [2.05, 4.69) is 24.3 Å². The number of aromatic nitrogens is 1. The van der Waals surface area contributed by atoms with Gasteiger partial charge >= 0.3 is 5.97 Å². The van der Waals surface area contributed by atoms with Crippen LogP contribution in [0.3, 0.4) is 0 Å². The first kappa shape index (κ1) is 21.9. The second kappa shape index (κ2) is 9.15. The van der Waals surface area contributed by atoms with Gasteiger partial charge in [-0.05, 0) is 66.4 Å². The van der Waals surface area contributed by atoms with E-state index in [-0.39, 0.29) is 12.3 Å². The molecule has 0 unspecified atom stereocenters. The number of benzene rings is 3. The van der Waals surface area contributed by atoms with E-state index in [0.717, 1.165) is 23.3 Å². The topological polar surface area (TPSA) is 68.5 Å². The van der Waals surface area contributed by atoms with E-state index in [9.17, 15) is 14.7 Å². The van der Waals surface area contributed by atoms with Gasteiger partial charge in [0, 0.05) is 32.6 Å². The standard InChI is InChI=1S/C28H23NO4S/c1-18-15-24-20(17-27(30)31)6-4-7-25(24)29(18)28(32)19-9-11-22(12-10-19)33-14-13-23-16-21-5-2-3-8-26(21)34-23/h2-12,15-16H,13-14,17H2,1H3,(H,30,31). The Balaban J connectivity index is 1.29. The van der Waals surface area contributed by atoms with Crippen molar-refractivity contribution in [3.63, 3.8) is 0 Å². The van der Waals surface area contributed by atoms with E-state index >= 15 is 0 Å². The van der Waals surface area contributed by atoms with Crippen molar-refractivity contribution >= 4 is 44.2 Å². The number of thiophene rings is 1. The van der Waals surface area contributed by atoms with Gasteiger partial charge in [0.25, 0.3) is 5.91 Å². The minimum Gasteiger partial charge on any atom is -0.493 e. The van der Waals surface area contributed by atoms with Gasteiger partial charge in [-0.3, -0.25) is 14.2 Å². The number of hydrogen-bond donors (Lipinski definition) is 1. The van der Waals surface area contributed by atoms with Crippen molar-refractivity contribution in [1.29, 1.82) is 0 Å². The van der Waals surface area contributed by atoms with Crippen molar-refractivity contribution in [1.82, 2.24) is 4.57 Å². The smallest absolute Gasteiger partial charge is 0.307 e. The third-order valence-electron chi connectivity index (χ3n) is 5.86. The molecule has 5 rings (SSSR count). The predicted octanol–water partition coefficient (Wildman–Crippen LogP) is 6.10. The van der Waals surface area contributed by atoms with Crippen LogP contribution in [0.4, 0.5) is 0 Å². The number of carbonyl (C=O) groups is 2. The molecule has 6 heteroatoms. The van der Waals surface area contributed by atoms with Crippen molar-refractivity contribution in [3.05, 3.63) is 101 Å². The van der Waals surface area contributed by atoms with Crippen molar-refractivity contribution < 1.29 is 19.4 Å². The molecule has 0 atom stereocenters. The number of carboxylic acid groups (broad SMARTS) is 1. The highest BCUT2D eigenvalue weighted by Gasteiger charge is 2.17. The summed E-state index contributed by atoms with van der Waals surface area (Å²) in [4.78, 5) is 25.8. The average Bonchev–Trinajstić information content (AvgIpc) is 3.39. The molecule has 34 heavy (non-hydrogen) atoms. The lowest BCUT2D eigenvalue weighted by Gasteiger charge is -2.09. The van der Waals surface area contributed by atoms with Crippen LogP contribution in [0.5, 0.6) is 5.75 Å². The molecule has 0 amide bonds. The molecule has 2 heterocycles. The van der Waals surface area contributed by atoms with Gasteiger partial charge in [0.1, 0.15) is 5.75 Å². The van der Waals surface area contributed by atoms with Crippen LogP contribution in [0.25, 0.3) is 21.0 Å². The maximum Gasteiger partial charge on any atom is 0.307 e. The number of aliphatic carboxylic acids is 1. The molecular weight excluding hydrogens is 446 g/mol. The molecule has 3 aromatic carbocycles. The van der Waals surface area contributed by atoms with Crippen LogP contribution in [0, 0.1) is 6.92 Å². The largest absolute Gasteiger partial charge is 0.493 e. The second-order valence-electron chi connectivity index (χ2n) is 8.22. The molecule has 0 aliphatic heterocycles. The molecule has 5 aromatic rings. The van der Waals surface area contributed by atoms with Crippen molar-refractivity contribution in [2.45, 2.75) is 19.8 Å². The molecule has 170 valence electrons. The van der Waals surface area contributed by atoms with Crippen LogP contribution in [-0.2, 0) is 17.6 Å². The van der Waals surface area contributed by atoms with Crippen LogP contribution < -0.4 is 4.74 Å². The fourth-order valence-electron chi connectivity index (χ4n) is 4.26. The molecule has 2 aromatic heterocycles. The monoisotopic (exact) mass is 469 g/mol. The van der Waals surface area contributed by atoms with E-state index in [1.165, 1.54) is 15.0 Å². The Hall–Kier alpha value is -3.90. The molecule has 0 fully saturated rings. The molecule has 0 saturated carbocycles. The number of fused-ring (bicyclic) bond motifs is 2. The van der Waals surface area contributed by atoms with E-state index in [1.807, 2.05) is 37.3 Å². The molecule has 0 radical (unpaired) electrons. The molecule has 0 bridgehead atoms. The summed E-state index contributed by atoms with van der Waals surface area (Å²) < 4.78 is 8.83. The summed E-state index contributed by atoms with van der Waals surface area (Å²) >= 11 is 1.78. The molecule has 0 aliphatic carbocycles. The number of nitrogens with zero attached hydrogens (tertiary/aromatic N) is 1. The fourth-order valence-corrected chi connectivity index (χ4v) is 5.31. The van der Waals surface area contributed by atoms with Crippen molar-refractivity contribution in [2.75, 3.05) is 6.61 Å². The lowest BCUT2D eigenvalue weighted by Crippen LogP contribution is -2.13. The van der Waals surface area contributed by atoms with E-state index in [1.54, 1.807) is 40.2 Å². The van der Waals surface area contributed by atoms with Gasteiger partial charge in [-0.1, -0.05) is 30.3 Å². The van der Waals surface area contributed by atoms with Crippen molar-refractivity contribution in [2.24, 2.45) is 0 Å². The predicted molar refractivity (Wildman–Crippen MR) is 135 cm³/mol. The van der Waals surface area contributed by atoms with Gasteiger partial charge in [0.15, 0.2) is 0 Å². The Morgan fingerprint density at radius 1 is 0.971 bits per heavy atom. The van der Waals surface area contributed by atoms with Gasteiger partial charge < -0.3 is 9.84 Å². The molecule has 0 saturated heterocycles. The Bertz CT molecular complexity index is 1480. The first-order valence-corrected chi connectivity index (χ1v) is 11.9. The number of aryl methyl sites for hydroxylation is 1. The molecular formula is C28H23NO4S. The zero-order valence-corrected chi connectivity index (χ0v) is 19.5. The fraction of sp³-hybridized carbons (Fsp3) is 0.143. The normalized spacial score (nSPS) is 11.2. The zero-order valence-electron chi connectivity index (χ0n) is 18.7. The maximum atomic E-state index is 13.3. The number of carbonyl (C=O) groups excluding carboxylic acids is 1. The van der Waals surface area contributed by atoms with Gasteiger partial charge in [0.2, 0.25) is 0 Å². The minimum atomic E-state index is -0.896. The molecule has 1 N–H and O–H groups in total. The quantitative estimate of drug-likeness (QED) is 0.313. The highest BCUT2D eigenvalue weighted by Crippen LogP contribution is 2.27. The summed E-state index contributed by atoms with van der Waals surface area (Å²) in [5.74, 6) is -0.334. The molecule has 0 spiro atoms. The van der Waals surface area contributed by atoms with Crippen LogP contribution >= 0.6 is 11.3 Å². The number of ether oxygens (including phenoxy) is 1. The van der Waals surface area contributed by atoms with Crippen LogP contribution in [0.1, 0.15) is 26.5 Å². The summed E-state index contributed by atoms with van der Waals surface area (Å²) in [6.07, 6.45) is 0.746. The second-order valence-corrected chi connectivity index (χ2v) is 9.39. The number of hydrogen-bond acceptors (Lipinski definition) is 4. The van der Waals surface area contributed by atoms with Crippen LogP contribution in [-0.4, -0.2) is 28.2 Å². The van der Waals surface area contributed by atoms with Crippen LogP contribution in [0.2, 0.25) is 0 Å². The maximum absolute atomic E-state index is 13.3. The Kier molecular flexibility index (Phi) is 5.90. The van der Waals surface area contributed by atoms with Crippen LogP contribution in [0.15, 0.2) is 78.9 Å². The lowest BCUT2D eigenvalue weighted by atomic mass is 10.1. The molecule has 5 nitrogen and oxygen atoms in total. The first-order chi connectivity index (χ1) is 16.5. The van der Waals surface area contributed by atoms with Gasteiger partial charge in [0.05, 0.1) is 18.5 Å². The van der Waals surface area contributed by atoms with Gasteiger partial charge in [-0.15, -0.1) is 11.3 Å². The van der Waals surface area contributed by atoms with E-state index in [4.69, 9.17) is 4.74 Å². The summed E-state index contributed by atoms with van der Waals surface area (Å²) in [6, 6.07) is 25.0. The third-order valence-corrected chi connectivity index (χ3v) is 7.04. The average molecular weight is 470 g/mol. The summed E-state index contributed by atoms with van der Waals surface area (Å²) in [6.45, 7) is 2.42. The third kappa shape index (κ3) is 4.32. The van der Waals surface area contributed by atoms with E-state index in [0.29, 0.717) is 23.3 Å². The Morgan fingerprint density at radius 3 is 2.53 bits per heavy atom. The zero-order chi connectivity index (χ0) is 23.7. The Labute approximate surface area is 200 Å². The first-order valence-electron chi connectivity index (χ1n) is 11.1. The Morgan fingerprint density at radius 2 is 1.76 bits per heavy atom. The van der Waals surface area contributed by atoms with Crippen molar-refractivity contribution in [3.8, 4) is 5.75 Å². The SMILES string of the molecule is Cc1cc2c(CC(=O)O)cccc2n1C(=O)c1ccc(OCCc2cc3ccccc3s2)cc1. The van der Waals surface area contributed by atoms with Gasteiger partial charge in [-0.25, -0.2) is 0 Å². The summed E-state index contributed by atoms with van der Waals surface area (Å²) in [5.41, 5.74) is 2.72. The minimum absolute atomic E-state index is 0.0808.